The Labute approximate surface area is 112 Å². The van der Waals surface area contributed by atoms with Gasteiger partial charge in [0.25, 0.3) is 0 Å². The summed E-state index contributed by atoms with van der Waals surface area (Å²) in [5.74, 6) is -0.956. The second-order valence-corrected chi connectivity index (χ2v) is 3.63. The van der Waals surface area contributed by atoms with Crippen molar-refractivity contribution < 1.29 is 14.7 Å². The number of aromatic nitrogens is 5. The molecule has 2 aromatic rings. The number of anilines is 1. The van der Waals surface area contributed by atoms with E-state index in [9.17, 15) is 9.59 Å². The van der Waals surface area contributed by atoms with Gasteiger partial charge in [0.2, 0.25) is 5.95 Å². The number of carboxylic acid groups (broad SMARTS) is 1. The predicted molar refractivity (Wildman–Crippen MR) is 66.0 cm³/mol. The number of nitrogens with zero attached hydrogens (tertiary/aromatic N) is 5. The van der Waals surface area contributed by atoms with E-state index in [-0.39, 0.29) is 18.2 Å². The molecule has 2 aromatic heterocycles. The Balaban J connectivity index is 1.75. The van der Waals surface area contributed by atoms with Crippen LogP contribution in [-0.2, 0) is 6.54 Å². The van der Waals surface area contributed by atoms with Crippen molar-refractivity contribution in [2.75, 3.05) is 11.9 Å². The molecule has 0 atom stereocenters. The first-order valence-corrected chi connectivity index (χ1v) is 5.60. The lowest BCUT2D eigenvalue weighted by Gasteiger charge is -2.05. The van der Waals surface area contributed by atoms with Crippen LogP contribution in [0.15, 0.2) is 24.7 Å². The fourth-order valence-corrected chi connectivity index (χ4v) is 1.30. The number of aromatic carboxylic acids is 1. The average molecular weight is 277 g/mol. The van der Waals surface area contributed by atoms with Crippen molar-refractivity contribution in [1.82, 2.24) is 30.3 Å². The van der Waals surface area contributed by atoms with Crippen LogP contribution in [0.25, 0.3) is 0 Å². The third-order valence-electron chi connectivity index (χ3n) is 2.18. The summed E-state index contributed by atoms with van der Waals surface area (Å²) < 4.78 is 1.32. The number of carbonyl (C=O) groups excluding carboxylic acids is 1. The van der Waals surface area contributed by atoms with E-state index in [2.05, 4.69) is 30.9 Å². The summed E-state index contributed by atoms with van der Waals surface area (Å²) in [5, 5.41) is 20.7. The van der Waals surface area contributed by atoms with Crippen molar-refractivity contribution in [3.05, 3.63) is 30.4 Å². The van der Waals surface area contributed by atoms with Crippen LogP contribution in [-0.4, -0.2) is 48.6 Å². The van der Waals surface area contributed by atoms with Gasteiger partial charge in [0.05, 0.1) is 12.7 Å². The number of carboxylic acids is 1. The second-order valence-electron chi connectivity index (χ2n) is 3.63. The molecule has 0 radical (unpaired) electrons. The van der Waals surface area contributed by atoms with Gasteiger partial charge >= 0.3 is 12.0 Å². The number of carbonyl (C=O) groups is 2. The number of hydrogen-bond acceptors (Lipinski definition) is 6. The quantitative estimate of drug-likeness (QED) is 0.675. The third kappa shape index (κ3) is 3.73. The molecule has 2 rings (SSSR count). The smallest absolute Gasteiger partial charge is 0.358 e. The van der Waals surface area contributed by atoms with Gasteiger partial charge in [-0.3, -0.25) is 5.32 Å². The lowest BCUT2D eigenvalue weighted by Crippen LogP contribution is -2.32. The Morgan fingerprint density at radius 1 is 1.30 bits per heavy atom. The summed E-state index contributed by atoms with van der Waals surface area (Å²) >= 11 is 0. The highest BCUT2D eigenvalue weighted by molar-refractivity contribution is 5.87. The zero-order valence-electron chi connectivity index (χ0n) is 10.2. The van der Waals surface area contributed by atoms with E-state index in [0.29, 0.717) is 6.54 Å². The molecule has 0 aliphatic heterocycles. The highest BCUT2D eigenvalue weighted by atomic mass is 16.4. The SMILES string of the molecule is O=C(NCCn1cc(C(=O)O)nn1)Nc1ncccn1. The summed E-state index contributed by atoms with van der Waals surface area (Å²) in [6, 6.07) is 1.17. The minimum atomic E-state index is -1.15. The molecule has 104 valence electrons. The molecule has 0 bridgehead atoms. The van der Waals surface area contributed by atoms with E-state index < -0.39 is 12.0 Å². The zero-order valence-corrected chi connectivity index (χ0v) is 10.2. The highest BCUT2D eigenvalue weighted by Crippen LogP contribution is 1.94. The molecule has 3 N–H and O–H groups in total. The number of rotatable bonds is 5. The monoisotopic (exact) mass is 277 g/mol. The van der Waals surface area contributed by atoms with Gasteiger partial charge in [-0.15, -0.1) is 5.10 Å². The van der Waals surface area contributed by atoms with Gasteiger partial charge in [-0.25, -0.2) is 24.2 Å². The Kier molecular flexibility index (Phi) is 4.17. The van der Waals surface area contributed by atoms with Crippen LogP contribution in [0.1, 0.15) is 10.5 Å². The van der Waals surface area contributed by atoms with Crippen molar-refractivity contribution in [1.29, 1.82) is 0 Å². The molecule has 10 nitrogen and oxygen atoms in total. The van der Waals surface area contributed by atoms with Gasteiger partial charge in [0.1, 0.15) is 0 Å². The Bertz CT molecular complexity index is 598. The first-order valence-electron chi connectivity index (χ1n) is 5.60. The second kappa shape index (κ2) is 6.22. The van der Waals surface area contributed by atoms with Crippen molar-refractivity contribution >= 4 is 17.9 Å². The largest absolute Gasteiger partial charge is 0.476 e. The first-order chi connectivity index (χ1) is 9.65. The molecule has 0 aliphatic rings. The van der Waals surface area contributed by atoms with E-state index in [0.717, 1.165) is 0 Å². The maximum Gasteiger partial charge on any atom is 0.358 e. The fourth-order valence-electron chi connectivity index (χ4n) is 1.30. The standard InChI is InChI=1S/C10H11N7O3/c18-8(19)7-6-17(16-15-7)5-4-13-10(20)14-9-11-2-1-3-12-9/h1-3,6H,4-5H2,(H,18,19)(H2,11,12,13,14,20). The summed E-state index contributed by atoms with van der Waals surface area (Å²) in [4.78, 5) is 29.7. The minimum absolute atomic E-state index is 0.146. The van der Waals surface area contributed by atoms with Crippen LogP contribution >= 0.6 is 0 Å². The lowest BCUT2D eigenvalue weighted by molar-refractivity contribution is 0.0690. The lowest BCUT2D eigenvalue weighted by atomic mass is 10.5. The predicted octanol–water partition coefficient (Wildman–Crippen LogP) is -0.412. The molecule has 2 amide bonds. The zero-order chi connectivity index (χ0) is 14.4. The molecule has 0 unspecified atom stereocenters. The van der Waals surface area contributed by atoms with E-state index >= 15 is 0 Å². The van der Waals surface area contributed by atoms with E-state index in [4.69, 9.17) is 5.11 Å². The highest BCUT2D eigenvalue weighted by Gasteiger charge is 2.08. The van der Waals surface area contributed by atoms with E-state index in [1.807, 2.05) is 0 Å². The third-order valence-corrected chi connectivity index (χ3v) is 2.18. The fraction of sp³-hybridized carbons (Fsp3) is 0.200. The topological polar surface area (TPSA) is 135 Å². The van der Waals surface area contributed by atoms with Crippen molar-refractivity contribution in [2.24, 2.45) is 0 Å². The first kappa shape index (κ1) is 13.4. The van der Waals surface area contributed by atoms with Crippen LogP contribution in [0.2, 0.25) is 0 Å². The van der Waals surface area contributed by atoms with Crippen molar-refractivity contribution in [3.63, 3.8) is 0 Å². The van der Waals surface area contributed by atoms with Crippen LogP contribution in [0.4, 0.5) is 10.7 Å². The molecule has 0 fully saturated rings. The van der Waals surface area contributed by atoms with Crippen LogP contribution < -0.4 is 10.6 Å². The molecule has 20 heavy (non-hydrogen) atoms. The summed E-state index contributed by atoms with van der Waals surface area (Å²) in [7, 11) is 0. The Hall–Kier alpha value is -3.04. The minimum Gasteiger partial charge on any atom is -0.476 e. The Morgan fingerprint density at radius 2 is 2.05 bits per heavy atom. The average Bonchev–Trinajstić information content (AvgIpc) is 2.89. The normalized spacial score (nSPS) is 10.0. The van der Waals surface area contributed by atoms with Gasteiger partial charge < -0.3 is 10.4 Å². The Morgan fingerprint density at radius 3 is 2.70 bits per heavy atom. The van der Waals surface area contributed by atoms with Gasteiger partial charge in [0, 0.05) is 18.9 Å². The molecule has 10 heteroatoms. The van der Waals surface area contributed by atoms with Gasteiger partial charge in [-0.05, 0) is 6.07 Å². The van der Waals surface area contributed by atoms with Crippen LogP contribution in [0.5, 0.6) is 0 Å². The molecular formula is C10H11N7O3. The number of urea groups is 1. The van der Waals surface area contributed by atoms with Gasteiger partial charge in [0.15, 0.2) is 5.69 Å². The van der Waals surface area contributed by atoms with Crippen LogP contribution in [0, 0.1) is 0 Å². The van der Waals surface area contributed by atoms with Crippen molar-refractivity contribution in [2.45, 2.75) is 6.54 Å². The number of nitrogens with one attached hydrogen (secondary N) is 2. The molecular weight excluding hydrogens is 266 g/mol. The number of hydrogen-bond donors (Lipinski definition) is 3. The molecule has 0 aromatic carbocycles. The molecule has 0 spiro atoms. The van der Waals surface area contributed by atoms with E-state index in [1.54, 1.807) is 6.07 Å². The summed E-state index contributed by atoms with van der Waals surface area (Å²) in [6.07, 6.45) is 4.29. The molecule has 0 saturated heterocycles. The van der Waals surface area contributed by atoms with Crippen molar-refractivity contribution in [3.8, 4) is 0 Å². The summed E-state index contributed by atoms with van der Waals surface area (Å²) in [5.41, 5.74) is -0.146. The van der Waals surface area contributed by atoms with E-state index in [1.165, 1.54) is 23.3 Å². The molecule has 0 aliphatic carbocycles. The number of amides is 2. The molecule has 2 heterocycles. The molecule has 0 saturated carbocycles. The van der Waals surface area contributed by atoms with Crippen LogP contribution in [0.3, 0.4) is 0 Å². The van der Waals surface area contributed by atoms with Gasteiger partial charge in [-0.2, -0.15) is 0 Å². The maximum atomic E-state index is 11.5. The maximum absolute atomic E-state index is 11.5. The summed E-state index contributed by atoms with van der Waals surface area (Å²) in [6.45, 7) is 0.546. The van der Waals surface area contributed by atoms with Gasteiger partial charge in [-0.1, -0.05) is 5.21 Å².